The summed E-state index contributed by atoms with van der Waals surface area (Å²) in [4.78, 5) is 14.6. The third-order valence-electron chi connectivity index (χ3n) is 5.74. The number of hydrogen-bond donors (Lipinski definition) is 0. The fraction of sp³-hybridized carbons (Fsp3) is 0.435. The van der Waals surface area contributed by atoms with Crippen molar-refractivity contribution < 1.29 is 18.7 Å². The monoisotopic (exact) mass is 413 g/mol. The normalized spacial score (nSPS) is 14.2. The Hall–Kier alpha value is -2.31. The van der Waals surface area contributed by atoms with Crippen LogP contribution in [0.3, 0.4) is 0 Å². The van der Waals surface area contributed by atoms with Crippen LogP contribution in [0.5, 0.6) is 11.5 Å². The maximum Gasteiger partial charge on any atom is 0.343 e. The van der Waals surface area contributed by atoms with Crippen LogP contribution in [-0.2, 0) is 4.43 Å². The molecule has 1 aliphatic rings. The number of nitrogens with zero attached hydrogens (tertiary/aromatic N) is 1. The summed E-state index contributed by atoms with van der Waals surface area (Å²) >= 11 is 0. The van der Waals surface area contributed by atoms with E-state index in [0.717, 1.165) is 24.5 Å². The number of fused-ring (bicyclic) bond motifs is 1. The summed E-state index contributed by atoms with van der Waals surface area (Å²) in [5.74, 6) is 0.955. The number of benzene rings is 2. The molecule has 0 spiro atoms. The number of anilines is 1. The lowest BCUT2D eigenvalue weighted by molar-refractivity contribution is 0.0734. The number of esters is 1. The van der Waals surface area contributed by atoms with Crippen LogP contribution in [-0.4, -0.2) is 40.6 Å². The molecule has 29 heavy (non-hydrogen) atoms. The Morgan fingerprint density at radius 2 is 1.86 bits per heavy atom. The van der Waals surface area contributed by atoms with Gasteiger partial charge in [0.25, 0.3) is 0 Å². The van der Waals surface area contributed by atoms with Crippen LogP contribution in [0.2, 0.25) is 18.1 Å². The Balaban J connectivity index is 1.68. The van der Waals surface area contributed by atoms with Crippen molar-refractivity contribution in [2.24, 2.45) is 0 Å². The minimum atomic E-state index is -1.78. The molecule has 0 bridgehead atoms. The van der Waals surface area contributed by atoms with Gasteiger partial charge in [0.15, 0.2) is 8.32 Å². The Bertz CT molecular complexity index is 846. The topological polar surface area (TPSA) is 48.0 Å². The van der Waals surface area contributed by atoms with Crippen molar-refractivity contribution in [3.05, 3.63) is 54.1 Å². The molecule has 0 radical (unpaired) electrons. The second-order valence-corrected chi connectivity index (χ2v) is 13.6. The highest BCUT2D eigenvalue weighted by molar-refractivity contribution is 6.74. The third kappa shape index (κ3) is 5.19. The van der Waals surface area contributed by atoms with Gasteiger partial charge in [0.2, 0.25) is 0 Å². The van der Waals surface area contributed by atoms with Crippen LogP contribution in [0.25, 0.3) is 0 Å². The summed E-state index contributed by atoms with van der Waals surface area (Å²) in [7, 11) is -1.78. The van der Waals surface area contributed by atoms with Gasteiger partial charge >= 0.3 is 5.97 Å². The number of ether oxygens (including phenoxy) is 2. The van der Waals surface area contributed by atoms with Gasteiger partial charge in [-0.25, -0.2) is 4.79 Å². The largest absolute Gasteiger partial charge is 0.490 e. The molecule has 0 N–H and O–H groups in total. The molecule has 0 amide bonds. The third-order valence-corrected chi connectivity index (χ3v) is 10.3. The highest BCUT2D eigenvalue weighted by Gasteiger charge is 2.37. The van der Waals surface area contributed by atoms with Crippen LogP contribution < -0.4 is 14.4 Å². The first-order valence-electron chi connectivity index (χ1n) is 10.1. The average Bonchev–Trinajstić information content (AvgIpc) is 2.68. The van der Waals surface area contributed by atoms with Gasteiger partial charge in [0.1, 0.15) is 18.1 Å². The van der Waals surface area contributed by atoms with Crippen LogP contribution in [0, 0.1) is 0 Å². The molecule has 0 aliphatic carbocycles. The quantitative estimate of drug-likeness (QED) is 0.373. The van der Waals surface area contributed by atoms with E-state index in [9.17, 15) is 4.79 Å². The molecule has 5 nitrogen and oxygen atoms in total. The first-order valence-corrected chi connectivity index (χ1v) is 13.0. The predicted molar refractivity (Wildman–Crippen MR) is 119 cm³/mol. The van der Waals surface area contributed by atoms with E-state index in [1.165, 1.54) is 0 Å². The van der Waals surface area contributed by atoms with Crippen LogP contribution >= 0.6 is 0 Å². The summed E-state index contributed by atoms with van der Waals surface area (Å²) in [6.45, 7) is 14.1. The molecule has 0 atom stereocenters. The van der Waals surface area contributed by atoms with Crippen molar-refractivity contribution in [1.29, 1.82) is 0 Å². The smallest absolute Gasteiger partial charge is 0.343 e. The maximum atomic E-state index is 12.4. The standard InChI is InChI=1S/C23H31NO4Si/c1-23(2,3)29(4,5)27-16-14-24-13-15-26-21-12-11-19(17-20(21)24)28-22(25)18-9-7-6-8-10-18/h6-12,17H,13-16H2,1-5H3. The van der Waals surface area contributed by atoms with E-state index >= 15 is 0 Å². The van der Waals surface area contributed by atoms with Crippen molar-refractivity contribution in [3.63, 3.8) is 0 Å². The van der Waals surface area contributed by atoms with E-state index in [1.807, 2.05) is 30.3 Å². The molecule has 0 aromatic heterocycles. The van der Waals surface area contributed by atoms with Crippen molar-refractivity contribution in [1.82, 2.24) is 0 Å². The lowest BCUT2D eigenvalue weighted by Gasteiger charge is -2.37. The SMILES string of the molecule is CC(C)(C)[Si](C)(C)OCCN1CCOc2ccc(OC(=O)c3ccccc3)cc21. The van der Waals surface area contributed by atoms with Gasteiger partial charge in [-0.1, -0.05) is 39.0 Å². The Kier molecular flexibility index (Phi) is 6.34. The Morgan fingerprint density at radius 3 is 2.55 bits per heavy atom. The summed E-state index contributed by atoms with van der Waals surface area (Å²) in [5, 5.41) is 0.189. The Morgan fingerprint density at radius 1 is 1.14 bits per heavy atom. The highest BCUT2D eigenvalue weighted by Crippen LogP contribution is 2.37. The van der Waals surface area contributed by atoms with E-state index in [-0.39, 0.29) is 11.0 Å². The van der Waals surface area contributed by atoms with Crippen LogP contribution in [0.4, 0.5) is 5.69 Å². The van der Waals surface area contributed by atoms with Crippen molar-refractivity contribution >= 4 is 20.0 Å². The highest BCUT2D eigenvalue weighted by atomic mass is 28.4. The number of rotatable bonds is 6. The van der Waals surface area contributed by atoms with E-state index in [0.29, 0.717) is 24.5 Å². The number of carbonyl (C=O) groups excluding carboxylic acids is 1. The van der Waals surface area contributed by atoms with Crippen LogP contribution in [0.1, 0.15) is 31.1 Å². The first kappa shape index (κ1) is 21.4. The molecule has 1 aliphatic heterocycles. The van der Waals surface area contributed by atoms with Crippen LogP contribution in [0.15, 0.2) is 48.5 Å². The van der Waals surface area contributed by atoms with Crippen molar-refractivity contribution in [3.8, 4) is 11.5 Å². The van der Waals surface area contributed by atoms with Gasteiger partial charge < -0.3 is 18.8 Å². The molecular weight excluding hydrogens is 382 g/mol. The van der Waals surface area contributed by atoms with Gasteiger partial charge in [-0.2, -0.15) is 0 Å². The minimum Gasteiger partial charge on any atom is -0.490 e. The minimum absolute atomic E-state index is 0.189. The Labute approximate surface area is 174 Å². The van der Waals surface area contributed by atoms with Gasteiger partial charge in [0, 0.05) is 12.6 Å². The fourth-order valence-electron chi connectivity index (χ4n) is 2.92. The number of hydrogen-bond acceptors (Lipinski definition) is 5. The van der Waals surface area contributed by atoms with E-state index in [2.05, 4.69) is 38.8 Å². The van der Waals surface area contributed by atoms with Gasteiger partial charge in [-0.15, -0.1) is 0 Å². The van der Waals surface area contributed by atoms with Gasteiger partial charge in [-0.3, -0.25) is 0 Å². The average molecular weight is 414 g/mol. The zero-order valence-corrected chi connectivity index (χ0v) is 19.0. The maximum absolute atomic E-state index is 12.4. The van der Waals surface area contributed by atoms with Gasteiger partial charge in [-0.05, 0) is 42.4 Å². The fourth-order valence-corrected chi connectivity index (χ4v) is 3.95. The lowest BCUT2D eigenvalue weighted by Crippen LogP contribution is -2.43. The molecule has 2 aromatic rings. The second-order valence-electron chi connectivity index (χ2n) is 8.83. The van der Waals surface area contributed by atoms with Gasteiger partial charge in [0.05, 0.1) is 24.4 Å². The molecule has 1 heterocycles. The van der Waals surface area contributed by atoms with E-state index < -0.39 is 8.32 Å². The van der Waals surface area contributed by atoms with E-state index in [4.69, 9.17) is 13.9 Å². The molecule has 3 rings (SSSR count). The molecule has 6 heteroatoms. The predicted octanol–water partition coefficient (Wildman–Crippen LogP) is 5.13. The zero-order valence-electron chi connectivity index (χ0n) is 18.0. The zero-order chi connectivity index (χ0) is 21.1. The molecule has 2 aromatic carbocycles. The summed E-state index contributed by atoms with van der Waals surface area (Å²) < 4.78 is 17.7. The summed E-state index contributed by atoms with van der Waals surface area (Å²) in [5.41, 5.74) is 1.47. The first-order chi connectivity index (χ1) is 13.7. The van der Waals surface area contributed by atoms with Crippen molar-refractivity contribution in [2.75, 3.05) is 31.2 Å². The number of carbonyl (C=O) groups is 1. The summed E-state index contributed by atoms with van der Waals surface area (Å²) in [6, 6.07) is 14.5. The van der Waals surface area contributed by atoms with Crippen molar-refractivity contribution in [2.45, 2.75) is 38.9 Å². The molecule has 0 unspecified atom stereocenters. The lowest BCUT2D eigenvalue weighted by atomic mass is 10.2. The molecule has 0 fully saturated rings. The second kappa shape index (κ2) is 8.59. The van der Waals surface area contributed by atoms with E-state index in [1.54, 1.807) is 18.2 Å². The molecule has 0 saturated heterocycles. The molecule has 0 saturated carbocycles. The molecule has 156 valence electrons. The molecular formula is C23H31NO4Si. The summed E-state index contributed by atoms with van der Waals surface area (Å²) in [6.07, 6.45) is 0.